The summed E-state index contributed by atoms with van der Waals surface area (Å²) in [6.45, 7) is -2.95. The smallest absolute Gasteiger partial charge is 0.387 e. The summed E-state index contributed by atoms with van der Waals surface area (Å²) < 4.78 is 34.8. The predicted molar refractivity (Wildman–Crippen MR) is 119 cm³/mol. The minimum Gasteiger partial charge on any atom is -0.497 e. The lowest BCUT2D eigenvalue weighted by molar-refractivity contribution is -0.126. The highest BCUT2D eigenvalue weighted by molar-refractivity contribution is 6.23. The molecule has 0 aromatic heterocycles. The van der Waals surface area contributed by atoms with E-state index in [-0.39, 0.29) is 5.75 Å². The molecule has 2 amide bonds. The Balaban J connectivity index is 1.52. The number of fused-ring (bicyclic) bond motifs is 1. The van der Waals surface area contributed by atoms with Gasteiger partial charge in [0.1, 0.15) is 17.4 Å². The molecule has 0 bridgehead atoms. The summed E-state index contributed by atoms with van der Waals surface area (Å²) in [6, 6.07) is 21.0. The number of anilines is 2. The Bertz CT molecular complexity index is 1190. The highest BCUT2D eigenvalue weighted by atomic mass is 19.3. The molecule has 3 aromatic rings. The molecule has 2 fully saturated rings. The Morgan fingerprint density at radius 1 is 0.824 bits per heavy atom. The topological polar surface area (TPSA) is 68.3 Å². The Morgan fingerprint density at radius 3 is 2.09 bits per heavy atom. The van der Waals surface area contributed by atoms with Gasteiger partial charge in [0.25, 0.3) is 5.91 Å². The average Bonchev–Trinajstić information content (AvgIpc) is 3.36. The SMILES string of the molecule is COc1ccc(N2C(=O)[C@H]3[C@@H](c4ccc(OC(F)F)cc4)N(c4ccccc4)O[C@H]3C2=O)cc1. The van der Waals surface area contributed by atoms with Crippen molar-refractivity contribution in [2.45, 2.75) is 18.8 Å². The van der Waals surface area contributed by atoms with Gasteiger partial charge in [-0.2, -0.15) is 8.78 Å². The van der Waals surface area contributed by atoms with Crippen LogP contribution in [0, 0.1) is 5.92 Å². The van der Waals surface area contributed by atoms with Crippen molar-refractivity contribution in [3.05, 3.63) is 84.4 Å². The third-order valence-electron chi connectivity index (χ3n) is 5.90. The van der Waals surface area contributed by atoms with Crippen LogP contribution in [0.2, 0.25) is 0 Å². The number of amides is 2. The van der Waals surface area contributed by atoms with Gasteiger partial charge >= 0.3 is 6.61 Å². The molecule has 2 aliphatic heterocycles. The number of carbonyl (C=O) groups is 2. The van der Waals surface area contributed by atoms with Gasteiger partial charge in [0.05, 0.1) is 24.5 Å². The van der Waals surface area contributed by atoms with Crippen LogP contribution in [0.25, 0.3) is 0 Å². The Labute approximate surface area is 194 Å². The number of carbonyl (C=O) groups excluding carboxylic acids is 2. The highest BCUT2D eigenvalue weighted by Crippen LogP contribution is 2.47. The Hall–Kier alpha value is -3.98. The maximum absolute atomic E-state index is 13.6. The van der Waals surface area contributed by atoms with E-state index in [4.69, 9.17) is 9.57 Å². The van der Waals surface area contributed by atoms with Crippen molar-refractivity contribution in [3.8, 4) is 11.5 Å². The van der Waals surface area contributed by atoms with Crippen LogP contribution in [-0.2, 0) is 14.4 Å². The summed E-state index contributed by atoms with van der Waals surface area (Å²) in [5.41, 5.74) is 1.70. The van der Waals surface area contributed by atoms with Gasteiger partial charge in [-0.15, -0.1) is 0 Å². The molecule has 9 heteroatoms. The van der Waals surface area contributed by atoms with Gasteiger partial charge < -0.3 is 9.47 Å². The third kappa shape index (κ3) is 3.73. The normalized spacial score (nSPS) is 21.8. The average molecular weight is 466 g/mol. The van der Waals surface area contributed by atoms with E-state index in [1.165, 1.54) is 19.2 Å². The number of nitrogens with zero attached hydrogens (tertiary/aromatic N) is 2. The van der Waals surface area contributed by atoms with Gasteiger partial charge in [-0.1, -0.05) is 30.3 Å². The molecule has 7 nitrogen and oxygen atoms in total. The number of hydroxylamine groups is 1. The number of para-hydroxylation sites is 1. The molecule has 0 N–H and O–H groups in total. The van der Waals surface area contributed by atoms with Crippen LogP contribution in [0.1, 0.15) is 11.6 Å². The van der Waals surface area contributed by atoms with E-state index < -0.39 is 36.5 Å². The lowest BCUT2D eigenvalue weighted by Gasteiger charge is -2.28. The van der Waals surface area contributed by atoms with Gasteiger partial charge in [0.2, 0.25) is 5.91 Å². The first-order valence-corrected chi connectivity index (χ1v) is 10.6. The first-order valence-electron chi connectivity index (χ1n) is 10.6. The predicted octanol–water partition coefficient (Wildman–Crippen LogP) is 4.35. The number of rotatable bonds is 6. The van der Waals surface area contributed by atoms with Gasteiger partial charge in [0.15, 0.2) is 6.10 Å². The van der Waals surface area contributed by atoms with E-state index in [9.17, 15) is 18.4 Å². The van der Waals surface area contributed by atoms with Crippen LogP contribution in [0.3, 0.4) is 0 Å². The second kappa shape index (κ2) is 8.75. The molecule has 0 aliphatic carbocycles. The Kier molecular flexibility index (Phi) is 5.62. The first kappa shape index (κ1) is 21.8. The number of imide groups is 1. The molecule has 0 saturated carbocycles. The summed E-state index contributed by atoms with van der Waals surface area (Å²) in [5, 5.41) is 1.54. The number of halogens is 2. The number of benzene rings is 3. The minimum atomic E-state index is -2.95. The van der Waals surface area contributed by atoms with Crippen LogP contribution >= 0.6 is 0 Å². The lowest BCUT2D eigenvalue weighted by Crippen LogP contribution is -2.37. The summed E-state index contributed by atoms with van der Waals surface area (Å²) in [4.78, 5) is 34.1. The maximum Gasteiger partial charge on any atom is 0.387 e. The number of hydrogen-bond donors (Lipinski definition) is 0. The quantitative estimate of drug-likeness (QED) is 0.504. The third-order valence-corrected chi connectivity index (χ3v) is 5.90. The van der Waals surface area contributed by atoms with Crippen molar-refractivity contribution in [2.75, 3.05) is 17.1 Å². The molecule has 0 radical (unpaired) electrons. The van der Waals surface area contributed by atoms with E-state index >= 15 is 0 Å². The fraction of sp³-hybridized carbons (Fsp3) is 0.200. The summed E-state index contributed by atoms with van der Waals surface area (Å²) in [5.74, 6) is -1.12. The van der Waals surface area contributed by atoms with E-state index in [1.54, 1.807) is 53.6 Å². The zero-order valence-corrected chi connectivity index (χ0v) is 18.0. The molecule has 0 unspecified atom stereocenters. The second-order valence-corrected chi connectivity index (χ2v) is 7.82. The van der Waals surface area contributed by atoms with Gasteiger partial charge in [-0.3, -0.25) is 14.4 Å². The molecule has 3 aromatic carbocycles. The number of methoxy groups -OCH3 is 1. The van der Waals surface area contributed by atoms with E-state index in [0.717, 1.165) is 4.90 Å². The molecular weight excluding hydrogens is 446 g/mol. The zero-order valence-electron chi connectivity index (χ0n) is 18.0. The number of alkyl halides is 2. The maximum atomic E-state index is 13.6. The molecule has 5 rings (SSSR count). The largest absolute Gasteiger partial charge is 0.497 e. The molecule has 34 heavy (non-hydrogen) atoms. The molecule has 174 valence electrons. The van der Waals surface area contributed by atoms with Gasteiger partial charge in [-0.05, 0) is 54.1 Å². The van der Waals surface area contributed by atoms with Gasteiger partial charge in [-0.25, -0.2) is 9.96 Å². The van der Waals surface area contributed by atoms with Crippen molar-refractivity contribution in [3.63, 3.8) is 0 Å². The highest BCUT2D eigenvalue weighted by Gasteiger charge is 2.60. The molecule has 2 aliphatic rings. The molecule has 3 atom stereocenters. The summed E-state index contributed by atoms with van der Waals surface area (Å²) in [6.07, 6.45) is -1.03. The van der Waals surface area contributed by atoms with Crippen molar-refractivity contribution in [1.82, 2.24) is 0 Å². The molecule has 2 saturated heterocycles. The van der Waals surface area contributed by atoms with Crippen molar-refractivity contribution < 1.29 is 32.7 Å². The van der Waals surface area contributed by atoms with Crippen LogP contribution < -0.4 is 19.4 Å². The zero-order chi connectivity index (χ0) is 23.8. The Morgan fingerprint density at radius 2 is 1.47 bits per heavy atom. The molecular formula is C25H20F2N2O5. The lowest BCUT2D eigenvalue weighted by atomic mass is 9.90. The fourth-order valence-corrected chi connectivity index (χ4v) is 4.38. The number of hydrogen-bond acceptors (Lipinski definition) is 6. The van der Waals surface area contributed by atoms with Crippen LogP contribution in [0.5, 0.6) is 11.5 Å². The van der Waals surface area contributed by atoms with Crippen molar-refractivity contribution >= 4 is 23.2 Å². The summed E-state index contributed by atoms with van der Waals surface area (Å²) >= 11 is 0. The summed E-state index contributed by atoms with van der Waals surface area (Å²) in [7, 11) is 1.53. The monoisotopic (exact) mass is 466 g/mol. The molecule has 0 spiro atoms. The number of ether oxygens (including phenoxy) is 2. The standard InChI is InChI=1S/C25H20F2N2O5/c1-32-18-13-9-16(10-14-18)28-23(30)20-21(15-7-11-19(12-8-15)33-25(26)27)29(34-22(20)24(28)31)17-5-3-2-4-6-17/h2-14,20-22,25H,1H3/t20-,21+,22+/m0/s1. The van der Waals surface area contributed by atoms with E-state index in [2.05, 4.69) is 4.74 Å². The van der Waals surface area contributed by atoms with Crippen molar-refractivity contribution in [2.24, 2.45) is 5.92 Å². The van der Waals surface area contributed by atoms with Crippen LogP contribution in [0.4, 0.5) is 20.2 Å². The molecule has 2 heterocycles. The van der Waals surface area contributed by atoms with E-state index in [0.29, 0.717) is 22.7 Å². The van der Waals surface area contributed by atoms with Crippen molar-refractivity contribution in [1.29, 1.82) is 0 Å². The van der Waals surface area contributed by atoms with E-state index in [1.807, 2.05) is 18.2 Å². The fourth-order valence-electron chi connectivity index (χ4n) is 4.38. The van der Waals surface area contributed by atoms with Gasteiger partial charge in [0, 0.05) is 0 Å². The minimum absolute atomic E-state index is 0.00541. The van der Waals surface area contributed by atoms with Crippen LogP contribution in [-0.4, -0.2) is 31.6 Å². The second-order valence-electron chi connectivity index (χ2n) is 7.82. The van der Waals surface area contributed by atoms with Crippen LogP contribution in [0.15, 0.2) is 78.9 Å². The first-order chi connectivity index (χ1) is 16.5.